The normalized spacial score (nSPS) is 25.4. The zero-order valence-corrected chi connectivity index (χ0v) is 16.7. The van der Waals surface area contributed by atoms with Crippen LogP contribution in [0.1, 0.15) is 53.6 Å². The number of carbonyl (C=O) groups excluding carboxylic acids is 3. The van der Waals surface area contributed by atoms with Gasteiger partial charge in [-0.25, -0.2) is 8.78 Å². The molecule has 0 aromatic heterocycles. The largest absolute Gasteiger partial charge is 0.325 e. The Kier molecular flexibility index (Phi) is 5.59. The highest BCUT2D eigenvalue weighted by Crippen LogP contribution is 2.33. The zero-order chi connectivity index (χ0) is 21.5. The van der Waals surface area contributed by atoms with E-state index < -0.39 is 30.5 Å². The van der Waals surface area contributed by atoms with Crippen molar-refractivity contribution in [2.24, 2.45) is 5.73 Å². The van der Waals surface area contributed by atoms with Gasteiger partial charge in [0.25, 0.3) is 11.8 Å². The van der Waals surface area contributed by atoms with Crippen LogP contribution in [-0.4, -0.2) is 58.6 Å². The number of likely N-dealkylation sites (tertiary alicyclic amines) is 1. The molecule has 0 saturated carbocycles. The highest BCUT2D eigenvalue weighted by molar-refractivity contribution is 6.05. The summed E-state index contributed by atoms with van der Waals surface area (Å²) in [5.74, 6) is -3.99. The smallest absolute Gasteiger partial charge is 0.275 e. The van der Waals surface area contributed by atoms with E-state index in [0.29, 0.717) is 38.0 Å². The molecular formula is C21H26F2N4O3. The van der Waals surface area contributed by atoms with Crippen molar-refractivity contribution in [3.8, 4) is 0 Å². The number of piperidine rings is 2. The molecule has 9 heteroatoms. The first-order chi connectivity index (χ1) is 14.3. The van der Waals surface area contributed by atoms with Gasteiger partial charge >= 0.3 is 0 Å². The summed E-state index contributed by atoms with van der Waals surface area (Å²) in [5, 5.41) is 2.28. The third kappa shape index (κ3) is 3.83. The van der Waals surface area contributed by atoms with E-state index in [0.717, 1.165) is 24.0 Å². The maximum atomic E-state index is 14.3. The first-order valence-corrected chi connectivity index (χ1v) is 10.4. The number of halogens is 2. The molecule has 162 valence electrons. The summed E-state index contributed by atoms with van der Waals surface area (Å²) in [5.41, 5.74) is 7.39. The monoisotopic (exact) mass is 420 g/mol. The van der Waals surface area contributed by atoms with Crippen LogP contribution in [0, 0.1) is 0 Å². The predicted molar refractivity (Wildman–Crippen MR) is 105 cm³/mol. The van der Waals surface area contributed by atoms with Crippen molar-refractivity contribution in [2.75, 3.05) is 13.1 Å². The standard InChI is InChI=1S/C21H26F2N4O3/c22-21(23,12-24)17-3-1-2-8-26(17)10-13-4-5-14-11-27(20(30)15(14)9-13)16-6-7-18(28)25-19(16)29/h4-5,9,16-17H,1-3,6-8,10-12,24H2,(H,25,28,29). The van der Waals surface area contributed by atoms with E-state index in [-0.39, 0.29) is 18.2 Å². The lowest BCUT2D eigenvalue weighted by Gasteiger charge is -2.39. The lowest BCUT2D eigenvalue weighted by molar-refractivity contribution is -0.136. The molecule has 3 heterocycles. The Morgan fingerprint density at radius 2 is 1.97 bits per heavy atom. The molecule has 30 heavy (non-hydrogen) atoms. The fourth-order valence-electron chi connectivity index (χ4n) is 4.73. The molecule has 2 atom stereocenters. The van der Waals surface area contributed by atoms with Gasteiger partial charge in [-0.3, -0.25) is 24.6 Å². The van der Waals surface area contributed by atoms with E-state index in [2.05, 4.69) is 5.32 Å². The van der Waals surface area contributed by atoms with Crippen LogP contribution in [0.5, 0.6) is 0 Å². The number of hydrogen-bond donors (Lipinski definition) is 2. The topological polar surface area (TPSA) is 95.7 Å². The molecule has 3 aliphatic rings. The highest BCUT2D eigenvalue weighted by atomic mass is 19.3. The molecule has 2 saturated heterocycles. The lowest BCUT2D eigenvalue weighted by atomic mass is 9.95. The number of benzene rings is 1. The van der Waals surface area contributed by atoms with Crippen molar-refractivity contribution >= 4 is 17.7 Å². The van der Waals surface area contributed by atoms with Crippen LogP contribution < -0.4 is 11.1 Å². The second kappa shape index (κ2) is 8.03. The van der Waals surface area contributed by atoms with E-state index in [4.69, 9.17) is 5.73 Å². The van der Waals surface area contributed by atoms with Gasteiger partial charge < -0.3 is 10.6 Å². The van der Waals surface area contributed by atoms with Crippen LogP contribution in [0.2, 0.25) is 0 Å². The maximum Gasteiger partial charge on any atom is 0.275 e. The second-order valence-electron chi connectivity index (χ2n) is 8.34. The summed E-state index contributed by atoms with van der Waals surface area (Å²) >= 11 is 0. The number of rotatable bonds is 5. The van der Waals surface area contributed by atoms with Gasteiger partial charge in [-0.05, 0) is 43.0 Å². The number of nitrogens with two attached hydrogens (primary N) is 1. The second-order valence-corrected chi connectivity index (χ2v) is 8.34. The summed E-state index contributed by atoms with van der Waals surface area (Å²) in [6.07, 6.45) is 2.51. The third-order valence-corrected chi connectivity index (χ3v) is 6.35. The number of imide groups is 1. The molecule has 3 aliphatic heterocycles. The van der Waals surface area contributed by atoms with Crippen molar-refractivity contribution in [3.63, 3.8) is 0 Å². The Hall–Kier alpha value is -2.39. The van der Waals surface area contributed by atoms with Crippen molar-refractivity contribution < 1.29 is 23.2 Å². The number of amides is 3. The fraction of sp³-hybridized carbons (Fsp3) is 0.571. The average molecular weight is 420 g/mol. The minimum Gasteiger partial charge on any atom is -0.325 e. The molecule has 2 fully saturated rings. The molecule has 4 rings (SSSR count). The quantitative estimate of drug-likeness (QED) is 0.702. The first-order valence-electron chi connectivity index (χ1n) is 10.4. The number of alkyl halides is 2. The molecule has 7 nitrogen and oxygen atoms in total. The molecule has 0 radical (unpaired) electrons. The fourth-order valence-corrected chi connectivity index (χ4v) is 4.73. The van der Waals surface area contributed by atoms with Crippen molar-refractivity contribution in [2.45, 2.75) is 63.2 Å². The van der Waals surface area contributed by atoms with Gasteiger partial charge in [-0.1, -0.05) is 18.6 Å². The number of carbonyl (C=O) groups is 3. The minimum atomic E-state index is -2.95. The Morgan fingerprint density at radius 3 is 2.70 bits per heavy atom. The molecule has 0 spiro atoms. The van der Waals surface area contributed by atoms with E-state index in [1.54, 1.807) is 11.0 Å². The highest BCUT2D eigenvalue weighted by Gasteiger charge is 2.43. The van der Waals surface area contributed by atoms with E-state index in [9.17, 15) is 23.2 Å². The van der Waals surface area contributed by atoms with Crippen LogP contribution in [-0.2, 0) is 22.7 Å². The number of nitrogens with one attached hydrogen (secondary N) is 1. The molecule has 2 unspecified atom stereocenters. The predicted octanol–water partition coefficient (Wildman–Crippen LogP) is 1.40. The SMILES string of the molecule is NCC(F)(F)C1CCCCN1Cc1ccc2c(c1)C(=O)N(C1CCC(=O)NC1=O)C2. The Morgan fingerprint density at radius 1 is 1.17 bits per heavy atom. The van der Waals surface area contributed by atoms with Gasteiger partial charge in [-0.2, -0.15) is 0 Å². The number of fused-ring (bicyclic) bond motifs is 1. The van der Waals surface area contributed by atoms with Gasteiger partial charge in [0.15, 0.2) is 0 Å². The van der Waals surface area contributed by atoms with E-state index >= 15 is 0 Å². The van der Waals surface area contributed by atoms with Crippen LogP contribution in [0.4, 0.5) is 8.78 Å². The first kappa shape index (κ1) is 20.9. The van der Waals surface area contributed by atoms with Crippen LogP contribution >= 0.6 is 0 Å². The summed E-state index contributed by atoms with van der Waals surface area (Å²) in [6, 6.07) is 3.86. The summed E-state index contributed by atoms with van der Waals surface area (Å²) in [7, 11) is 0. The molecular weight excluding hydrogens is 394 g/mol. The lowest BCUT2D eigenvalue weighted by Crippen LogP contribution is -2.53. The maximum absolute atomic E-state index is 14.3. The third-order valence-electron chi connectivity index (χ3n) is 6.35. The van der Waals surface area contributed by atoms with E-state index in [1.807, 2.05) is 12.1 Å². The zero-order valence-electron chi connectivity index (χ0n) is 16.7. The molecule has 3 N–H and O–H groups in total. The van der Waals surface area contributed by atoms with Crippen LogP contribution in [0.25, 0.3) is 0 Å². The molecule has 1 aromatic carbocycles. The molecule has 0 bridgehead atoms. The average Bonchev–Trinajstić information content (AvgIpc) is 3.04. The summed E-state index contributed by atoms with van der Waals surface area (Å²) < 4.78 is 28.6. The van der Waals surface area contributed by atoms with Crippen molar-refractivity contribution in [1.82, 2.24) is 15.1 Å². The van der Waals surface area contributed by atoms with Gasteiger partial charge in [0.05, 0.1) is 12.6 Å². The number of hydrogen-bond acceptors (Lipinski definition) is 5. The van der Waals surface area contributed by atoms with Gasteiger partial charge in [0, 0.05) is 25.1 Å². The Labute approximate surface area is 173 Å². The molecule has 3 amide bonds. The molecule has 0 aliphatic carbocycles. The van der Waals surface area contributed by atoms with Gasteiger partial charge in [-0.15, -0.1) is 0 Å². The number of nitrogens with zero attached hydrogens (tertiary/aromatic N) is 2. The van der Waals surface area contributed by atoms with Gasteiger partial charge in [0.2, 0.25) is 11.8 Å². The van der Waals surface area contributed by atoms with Crippen LogP contribution in [0.15, 0.2) is 18.2 Å². The van der Waals surface area contributed by atoms with E-state index in [1.165, 1.54) is 4.90 Å². The van der Waals surface area contributed by atoms with Crippen molar-refractivity contribution in [1.29, 1.82) is 0 Å². The van der Waals surface area contributed by atoms with Crippen LogP contribution in [0.3, 0.4) is 0 Å². The Bertz CT molecular complexity index is 876. The van der Waals surface area contributed by atoms with Crippen molar-refractivity contribution in [3.05, 3.63) is 34.9 Å². The minimum absolute atomic E-state index is 0.202. The van der Waals surface area contributed by atoms with Gasteiger partial charge in [0.1, 0.15) is 6.04 Å². The summed E-state index contributed by atoms with van der Waals surface area (Å²) in [4.78, 5) is 39.7. The Balaban J connectivity index is 1.51. The molecule has 1 aromatic rings. The summed E-state index contributed by atoms with van der Waals surface area (Å²) in [6.45, 7) is 0.503.